The highest BCUT2D eigenvalue weighted by Crippen LogP contribution is 2.40. The van der Waals surface area contributed by atoms with Crippen LogP contribution < -0.4 is 10.1 Å². The normalized spacial score (nSPS) is 14.8. The van der Waals surface area contributed by atoms with Crippen molar-refractivity contribution in [2.75, 3.05) is 5.32 Å². The summed E-state index contributed by atoms with van der Waals surface area (Å²) in [5, 5.41) is 12.9. The Morgan fingerprint density at radius 2 is 1.83 bits per heavy atom. The lowest BCUT2D eigenvalue weighted by Crippen LogP contribution is -2.15. The van der Waals surface area contributed by atoms with E-state index >= 15 is 0 Å². The maximum Gasteiger partial charge on any atom is 0.247 e. The van der Waals surface area contributed by atoms with Gasteiger partial charge in [-0.25, -0.2) is 0 Å². The molecule has 0 fully saturated rings. The Kier molecular flexibility index (Phi) is 5.14. The van der Waals surface area contributed by atoms with Gasteiger partial charge in [-0.1, -0.05) is 59.8 Å². The third-order valence-electron chi connectivity index (χ3n) is 4.84. The van der Waals surface area contributed by atoms with Crippen molar-refractivity contribution < 1.29 is 4.74 Å². The molecule has 4 aromatic rings. The van der Waals surface area contributed by atoms with Gasteiger partial charge in [-0.2, -0.15) is 4.98 Å². The second-order valence-corrected chi connectivity index (χ2v) is 9.42. The molecule has 30 heavy (non-hydrogen) atoms. The minimum atomic E-state index is -0.322. The van der Waals surface area contributed by atoms with Crippen molar-refractivity contribution in [1.82, 2.24) is 15.2 Å². The number of hydrogen-bond acceptors (Lipinski definition) is 7. The highest BCUT2D eigenvalue weighted by Gasteiger charge is 2.26. The van der Waals surface area contributed by atoms with Crippen LogP contribution in [-0.4, -0.2) is 15.2 Å². The molecule has 2 aromatic carbocycles. The maximum atomic E-state index is 6.32. The van der Waals surface area contributed by atoms with Crippen LogP contribution in [0.2, 0.25) is 0 Å². The molecule has 7 heteroatoms. The molecule has 150 valence electrons. The second kappa shape index (κ2) is 8.08. The Bertz CT molecular complexity index is 1190. The molecule has 0 saturated heterocycles. The quantitative estimate of drug-likeness (QED) is 0.398. The van der Waals surface area contributed by atoms with E-state index in [-0.39, 0.29) is 6.23 Å². The molecule has 0 unspecified atom stereocenters. The van der Waals surface area contributed by atoms with Crippen molar-refractivity contribution >= 4 is 28.8 Å². The molecule has 1 aliphatic heterocycles. The summed E-state index contributed by atoms with van der Waals surface area (Å²) in [7, 11) is 0. The first-order valence-corrected chi connectivity index (χ1v) is 11.5. The third kappa shape index (κ3) is 3.91. The monoisotopic (exact) mass is 432 g/mol. The molecule has 5 rings (SSSR count). The van der Waals surface area contributed by atoms with Crippen molar-refractivity contribution in [3.8, 4) is 17.1 Å². The van der Waals surface area contributed by atoms with Crippen LogP contribution in [0.5, 0.6) is 5.88 Å². The van der Waals surface area contributed by atoms with E-state index < -0.39 is 0 Å². The number of thiophene rings is 1. The van der Waals surface area contributed by atoms with Crippen molar-refractivity contribution in [3.05, 3.63) is 81.5 Å². The van der Waals surface area contributed by atoms with Gasteiger partial charge in [0.15, 0.2) is 5.69 Å². The molecule has 3 heterocycles. The minimum Gasteiger partial charge on any atom is -0.447 e. The number of thioether (sulfide) groups is 1. The zero-order chi connectivity index (χ0) is 20.5. The third-order valence-corrected chi connectivity index (χ3v) is 6.79. The molecule has 1 N–H and O–H groups in total. The van der Waals surface area contributed by atoms with Crippen molar-refractivity contribution in [1.29, 1.82) is 0 Å². The standard InChI is InChI=1S/C23H20N4OS2/c1-14-7-10-16(11-8-14)13-29-23-25-22-20(26-27-23)17-5-3-4-6-18(17)24-21(28-22)19-12-9-15(2)30-19/h3-12,21,24H,13H2,1-2H3/t21-/m1/s1. The highest BCUT2D eigenvalue weighted by molar-refractivity contribution is 7.98. The lowest BCUT2D eigenvalue weighted by atomic mass is 10.1. The highest BCUT2D eigenvalue weighted by atomic mass is 32.2. The number of rotatable bonds is 4. The van der Waals surface area contributed by atoms with Crippen molar-refractivity contribution in [3.63, 3.8) is 0 Å². The van der Waals surface area contributed by atoms with Gasteiger partial charge in [0.2, 0.25) is 17.3 Å². The van der Waals surface area contributed by atoms with Crippen LogP contribution in [0.3, 0.4) is 0 Å². The summed E-state index contributed by atoms with van der Waals surface area (Å²) in [6, 6.07) is 20.7. The Labute approximate surface area is 183 Å². The van der Waals surface area contributed by atoms with Gasteiger partial charge in [-0.3, -0.25) is 0 Å². The molecule has 0 radical (unpaired) electrons. The fraction of sp³-hybridized carbons (Fsp3) is 0.174. The average molecular weight is 433 g/mol. The largest absolute Gasteiger partial charge is 0.447 e. The van der Waals surface area contributed by atoms with Crippen LogP contribution in [0.25, 0.3) is 11.3 Å². The first-order valence-electron chi connectivity index (χ1n) is 9.68. The van der Waals surface area contributed by atoms with Crippen LogP contribution in [0, 0.1) is 13.8 Å². The molecule has 5 nitrogen and oxygen atoms in total. The second-order valence-electron chi connectivity index (χ2n) is 7.16. The number of anilines is 1. The van der Waals surface area contributed by atoms with Crippen LogP contribution in [0.1, 0.15) is 27.1 Å². The van der Waals surface area contributed by atoms with Crippen LogP contribution in [-0.2, 0) is 5.75 Å². The summed E-state index contributed by atoms with van der Waals surface area (Å²) in [6.45, 7) is 4.18. The average Bonchev–Trinajstić information content (AvgIpc) is 3.12. The fourth-order valence-corrected chi connectivity index (χ4v) is 4.86. The van der Waals surface area contributed by atoms with E-state index in [9.17, 15) is 0 Å². The number of ether oxygens (including phenoxy) is 1. The van der Waals surface area contributed by atoms with Gasteiger partial charge in [0.1, 0.15) is 0 Å². The Balaban J connectivity index is 1.47. The van der Waals surface area contributed by atoms with Gasteiger partial charge in [0.05, 0.1) is 4.88 Å². The topological polar surface area (TPSA) is 59.9 Å². The number of aromatic nitrogens is 3. The molecule has 2 aromatic heterocycles. The number of benzene rings is 2. The van der Waals surface area contributed by atoms with Crippen molar-refractivity contribution in [2.24, 2.45) is 0 Å². The fourth-order valence-electron chi connectivity index (χ4n) is 3.26. The summed E-state index contributed by atoms with van der Waals surface area (Å²) in [6.07, 6.45) is -0.322. The van der Waals surface area contributed by atoms with E-state index in [4.69, 9.17) is 9.72 Å². The summed E-state index contributed by atoms with van der Waals surface area (Å²) in [4.78, 5) is 7.06. The lowest BCUT2D eigenvalue weighted by molar-refractivity contribution is 0.229. The summed E-state index contributed by atoms with van der Waals surface area (Å²) >= 11 is 3.27. The van der Waals surface area contributed by atoms with Gasteiger partial charge in [0, 0.05) is 21.9 Å². The predicted octanol–water partition coefficient (Wildman–Crippen LogP) is 6.01. The summed E-state index contributed by atoms with van der Waals surface area (Å²) in [5.74, 6) is 1.29. The SMILES string of the molecule is Cc1ccc(CSc2nnc3c(n2)O[C@H](c2ccc(C)s2)Nc2ccccc2-3)cc1. The van der Waals surface area contributed by atoms with Gasteiger partial charge >= 0.3 is 0 Å². The zero-order valence-corrected chi connectivity index (χ0v) is 18.3. The number of aryl methyl sites for hydroxylation is 2. The number of hydrogen-bond donors (Lipinski definition) is 1. The first kappa shape index (κ1) is 19.1. The number of nitrogens with zero attached hydrogens (tertiary/aromatic N) is 3. The van der Waals surface area contributed by atoms with E-state index in [1.54, 1.807) is 23.1 Å². The van der Waals surface area contributed by atoms with Gasteiger partial charge in [0.25, 0.3) is 0 Å². The molecule has 1 aliphatic rings. The molecule has 0 amide bonds. The van der Waals surface area contributed by atoms with E-state index in [0.29, 0.717) is 16.7 Å². The molecule has 1 atom stereocenters. The molecule has 0 saturated carbocycles. The van der Waals surface area contributed by atoms with Crippen LogP contribution in [0.15, 0.2) is 65.8 Å². The van der Waals surface area contributed by atoms with Crippen LogP contribution >= 0.6 is 23.1 Å². The first-order chi connectivity index (χ1) is 14.7. The summed E-state index contributed by atoms with van der Waals surface area (Å²) < 4.78 is 6.32. The summed E-state index contributed by atoms with van der Waals surface area (Å²) in [5.41, 5.74) is 5.04. The van der Waals surface area contributed by atoms with E-state index in [2.05, 4.69) is 65.8 Å². The lowest BCUT2D eigenvalue weighted by Gasteiger charge is -2.17. The Hall–Kier alpha value is -2.90. The number of nitrogens with one attached hydrogen (secondary N) is 1. The van der Waals surface area contributed by atoms with Crippen LogP contribution in [0.4, 0.5) is 5.69 Å². The zero-order valence-electron chi connectivity index (χ0n) is 16.6. The molecule has 0 spiro atoms. The predicted molar refractivity (Wildman–Crippen MR) is 122 cm³/mol. The van der Waals surface area contributed by atoms with Gasteiger partial charge < -0.3 is 10.1 Å². The smallest absolute Gasteiger partial charge is 0.247 e. The Morgan fingerprint density at radius 3 is 2.63 bits per heavy atom. The molecule has 0 bridgehead atoms. The van der Waals surface area contributed by atoms with E-state index in [1.807, 2.05) is 24.3 Å². The molecule has 0 aliphatic carbocycles. The minimum absolute atomic E-state index is 0.322. The van der Waals surface area contributed by atoms with Gasteiger partial charge in [-0.15, -0.1) is 21.5 Å². The molecular weight excluding hydrogens is 412 g/mol. The molecular formula is C23H20N4OS2. The Morgan fingerprint density at radius 1 is 1.00 bits per heavy atom. The van der Waals surface area contributed by atoms with E-state index in [0.717, 1.165) is 21.9 Å². The maximum absolute atomic E-state index is 6.32. The van der Waals surface area contributed by atoms with Gasteiger partial charge in [-0.05, 0) is 37.6 Å². The number of para-hydroxylation sites is 1. The van der Waals surface area contributed by atoms with E-state index in [1.165, 1.54) is 16.0 Å². The number of fused-ring (bicyclic) bond motifs is 3. The van der Waals surface area contributed by atoms with Crippen molar-refractivity contribution in [2.45, 2.75) is 31.0 Å².